The monoisotopic (exact) mass is 412 g/mol. The molecule has 0 aliphatic carbocycles. The Morgan fingerprint density at radius 1 is 0.808 bits per heavy atom. The third-order valence-corrected chi connectivity index (χ3v) is 4.96. The van der Waals surface area contributed by atoms with E-state index in [1.165, 1.54) is 24.3 Å². The first-order chi connectivity index (χ1) is 12.6. The highest BCUT2D eigenvalue weighted by Crippen LogP contribution is 2.37. The average Bonchev–Trinajstić information content (AvgIpc) is 3.09. The molecule has 0 radical (unpaired) electrons. The molecule has 3 aromatic carbocycles. The maximum Gasteiger partial charge on any atom is 0.123 e. The van der Waals surface area contributed by atoms with Gasteiger partial charge in [-0.1, -0.05) is 40.2 Å². The lowest BCUT2D eigenvalue weighted by Crippen LogP contribution is -2.18. The summed E-state index contributed by atoms with van der Waals surface area (Å²) in [6.07, 6.45) is 0.660. The molecule has 0 fully saturated rings. The van der Waals surface area contributed by atoms with Crippen LogP contribution in [0.15, 0.2) is 82.4 Å². The highest BCUT2D eigenvalue weighted by Gasteiger charge is 2.29. The van der Waals surface area contributed by atoms with E-state index in [1.807, 2.05) is 29.3 Å². The van der Waals surface area contributed by atoms with Crippen LogP contribution in [0, 0.1) is 11.6 Å². The second-order valence-electron chi connectivity index (χ2n) is 6.15. The van der Waals surface area contributed by atoms with Crippen molar-refractivity contribution >= 4 is 27.3 Å². The van der Waals surface area contributed by atoms with E-state index in [1.54, 1.807) is 24.3 Å². The molecule has 1 aliphatic rings. The minimum atomic E-state index is -0.271. The van der Waals surface area contributed by atoms with Gasteiger partial charge in [0.15, 0.2) is 0 Å². The van der Waals surface area contributed by atoms with Gasteiger partial charge < -0.3 is 0 Å². The fraction of sp³-hybridized carbons (Fsp3) is 0.0952. The molecule has 0 saturated heterocycles. The van der Waals surface area contributed by atoms with Crippen molar-refractivity contribution in [1.82, 2.24) is 0 Å². The molecule has 3 aromatic rings. The minimum Gasteiger partial charge on any atom is -0.257 e. The van der Waals surface area contributed by atoms with Crippen molar-refractivity contribution in [2.45, 2.75) is 12.5 Å². The summed E-state index contributed by atoms with van der Waals surface area (Å²) in [7, 11) is 0. The zero-order chi connectivity index (χ0) is 18.1. The summed E-state index contributed by atoms with van der Waals surface area (Å²) in [5, 5.41) is 6.73. The van der Waals surface area contributed by atoms with Crippen LogP contribution < -0.4 is 5.01 Å². The van der Waals surface area contributed by atoms with E-state index in [2.05, 4.69) is 15.9 Å². The number of nitrogens with zero attached hydrogens (tertiary/aromatic N) is 2. The van der Waals surface area contributed by atoms with E-state index < -0.39 is 0 Å². The number of benzene rings is 3. The fourth-order valence-corrected chi connectivity index (χ4v) is 3.37. The summed E-state index contributed by atoms with van der Waals surface area (Å²) < 4.78 is 27.6. The van der Waals surface area contributed by atoms with Crippen molar-refractivity contribution in [2.24, 2.45) is 5.10 Å². The van der Waals surface area contributed by atoms with Crippen LogP contribution in [0.3, 0.4) is 0 Å². The van der Waals surface area contributed by atoms with E-state index in [9.17, 15) is 8.78 Å². The number of halogens is 3. The topological polar surface area (TPSA) is 15.6 Å². The molecule has 130 valence electrons. The van der Waals surface area contributed by atoms with Crippen LogP contribution in [-0.4, -0.2) is 5.71 Å². The van der Waals surface area contributed by atoms with Crippen LogP contribution >= 0.6 is 15.9 Å². The van der Waals surface area contributed by atoms with Gasteiger partial charge in [0, 0.05) is 10.9 Å². The second-order valence-corrected chi connectivity index (χ2v) is 7.06. The Hall–Kier alpha value is -2.53. The van der Waals surface area contributed by atoms with E-state index in [0.29, 0.717) is 6.42 Å². The van der Waals surface area contributed by atoms with Gasteiger partial charge >= 0.3 is 0 Å². The molecule has 1 atom stereocenters. The van der Waals surface area contributed by atoms with Crippen molar-refractivity contribution < 1.29 is 8.78 Å². The molecule has 0 aromatic heterocycles. The summed E-state index contributed by atoms with van der Waals surface area (Å²) in [4.78, 5) is 0. The number of hydrazone groups is 1. The molecule has 0 amide bonds. The van der Waals surface area contributed by atoms with E-state index in [4.69, 9.17) is 5.10 Å². The van der Waals surface area contributed by atoms with Crippen LogP contribution in [0.1, 0.15) is 23.6 Å². The Balaban J connectivity index is 1.74. The van der Waals surface area contributed by atoms with Gasteiger partial charge in [-0.3, -0.25) is 5.01 Å². The summed E-state index contributed by atoms with van der Waals surface area (Å²) in [5.74, 6) is -0.534. The van der Waals surface area contributed by atoms with Gasteiger partial charge in [-0.05, 0) is 59.7 Å². The van der Waals surface area contributed by atoms with E-state index in [-0.39, 0.29) is 17.7 Å². The van der Waals surface area contributed by atoms with Gasteiger partial charge in [0.05, 0.1) is 17.4 Å². The van der Waals surface area contributed by atoms with Crippen LogP contribution in [0.25, 0.3) is 0 Å². The normalized spacial score (nSPS) is 16.7. The Morgan fingerprint density at radius 3 is 2.00 bits per heavy atom. The predicted octanol–water partition coefficient (Wildman–Crippen LogP) is 6.08. The minimum absolute atomic E-state index is 0.0446. The Labute approximate surface area is 158 Å². The first kappa shape index (κ1) is 16.9. The molecule has 0 bridgehead atoms. The first-order valence-corrected chi connectivity index (χ1v) is 9.03. The van der Waals surface area contributed by atoms with Gasteiger partial charge in [0.1, 0.15) is 11.6 Å². The third-order valence-electron chi connectivity index (χ3n) is 4.43. The maximum atomic E-state index is 13.3. The summed E-state index contributed by atoms with van der Waals surface area (Å²) in [6, 6.07) is 20.7. The quantitative estimate of drug-likeness (QED) is 0.508. The van der Waals surface area contributed by atoms with E-state index >= 15 is 0 Å². The fourth-order valence-electron chi connectivity index (χ4n) is 3.10. The molecule has 0 unspecified atom stereocenters. The summed E-state index contributed by atoms with van der Waals surface area (Å²) in [6.45, 7) is 0. The van der Waals surface area contributed by atoms with Crippen LogP contribution in [0.5, 0.6) is 0 Å². The molecule has 0 spiro atoms. The SMILES string of the molecule is Fc1ccc(C2=NN(c3ccc(Br)cc3)[C@@H](c3ccc(F)cc3)C2)cc1. The molecule has 2 nitrogen and oxygen atoms in total. The highest BCUT2D eigenvalue weighted by molar-refractivity contribution is 9.10. The molecule has 0 saturated carbocycles. The van der Waals surface area contributed by atoms with Crippen molar-refractivity contribution in [2.75, 3.05) is 5.01 Å². The number of rotatable bonds is 3. The zero-order valence-electron chi connectivity index (χ0n) is 13.7. The van der Waals surface area contributed by atoms with Crippen molar-refractivity contribution in [3.05, 3.63) is 100 Å². The van der Waals surface area contributed by atoms with Gasteiger partial charge in [0.2, 0.25) is 0 Å². The van der Waals surface area contributed by atoms with Crippen LogP contribution in [0.4, 0.5) is 14.5 Å². The zero-order valence-corrected chi connectivity index (χ0v) is 15.3. The Bertz CT molecular complexity index is 935. The summed E-state index contributed by atoms with van der Waals surface area (Å²) in [5.41, 5.74) is 3.69. The Morgan fingerprint density at radius 2 is 1.38 bits per heavy atom. The molecule has 1 heterocycles. The summed E-state index contributed by atoms with van der Waals surface area (Å²) >= 11 is 3.45. The highest BCUT2D eigenvalue weighted by atomic mass is 79.9. The molecule has 4 rings (SSSR count). The lowest BCUT2D eigenvalue weighted by Gasteiger charge is -2.24. The van der Waals surface area contributed by atoms with E-state index in [0.717, 1.165) is 27.0 Å². The van der Waals surface area contributed by atoms with Gasteiger partial charge in [-0.15, -0.1) is 0 Å². The van der Waals surface area contributed by atoms with Crippen molar-refractivity contribution in [3.63, 3.8) is 0 Å². The van der Waals surface area contributed by atoms with Gasteiger partial charge in [-0.25, -0.2) is 8.78 Å². The lowest BCUT2D eigenvalue weighted by atomic mass is 9.98. The smallest absolute Gasteiger partial charge is 0.123 e. The van der Waals surface area contributed by atoms with Crippen LogP contribution in [0.2, 0.25) is 0 Å². The molecule has 0 N–H and O–H groups in total. The first-order valence-electron chi connectivity index (χ1n) is 8.24. The number of hydrogen-bond acceptors (Lipinski definition) is 2. The van der Waals surface area contributed by atoms with Gasteiger partial charge in [0.25, 0.3) is 0 Å². The Kier molecular flexibility index (Phi) is 4.55. The molecular formula is C21H15BrF2N2. The van der Waals surface area contributed by atoms with Crippen molar-refractivity contribution in [1.29, 1.82) is 0 Å². The van der Waals surface area contributed by atoms with Crippen LogP contribution in [-0.2, 0) is 0 Å². The average molecular weight is 413 g/mol. The standard InChI is InChI=1S/C21H15BrF2N2/c22-16-5-11-19(12-6-16)26-21(15-3-9-18(24)10-4-15)13-20(25-26)14-1-7-17(23)8-2-14/h1-12,21H,13H2/t21-/m1/s1. The second kappa shape index (κ2) is 7.00. The largest absolute Gasteiger partial charge is 0.257 e. The van der Waals surface area contributed by atoms with Crippen molar-refractivity contribution in [3.8, 4) is 0 Å². The lowest BCUT2D eigenvalue weighted by molar-refractivity contribution is 0.624. The maximum absolute atomic E-state index is 13.3. The molecular weight excluding hydrogens is 398 g/mol. The molecule has 5 heteroatoms. The molecule has 26 heavy (non-hydrogen) atoms. The molecule has 1 aliphatic heterocycles. The predicted molar refractivity (Wildman–Crippen MR) is 103 cm³/mol. The third kappa shape index (κ3) is 3.40. The number of anilines is 1. The van der Waals surface area contributed by atoms with Gasteiger partial charge in [-0.2, -0.15) is 5.10 Å². The number of hydrogen-bond donors (Lipinski definition) is 0.